The molecular formula is C92H112Cl2P4Zr2-2. The maximum Gasteiger partial charge on any atom is 2.00 e. The fraction of sp³-hybridized carbons (Fsp3) is 0.348. The minimum Gasteiger partial charge on any atom is -1.00 e. The van der Waals surface area contributed by atoms with E-state index in [1.54, 1.807) is 21.2 Å². The fourth-order valence-electron chi connectivity index (χ4n) is 14.3. The number of halogens is 2. The second-order valence-electron chi connectivity index (χ2n) is 27.2. The van der Waals surface area contributed by atoms with Gasteiger partial charge in [-0.1, -0.05) is 310 Å². The SMILES string of the molecule is CCC(C)P(c1cc2c(-c3ccccc3)cccc2[cH-]1)C(C)CC.CCC(C)P(c1cc2c(-c3ccccc3)cccc2[cH-]1)C(C)CC.CCC(C)P(c1cc2c(-c3ccccc3)cccc2[cH-]1)C(C)CC.CCC(C)P(c1cc2c(-c3ccccc3)cccc2[cH-]1)C(C)CC.[Cl-].[Cl-].[Zr+2].[Zr+2]. The maximum absolute atomic E-state index is 2.49. The summed E-state index contributed by atoms with van der Waals surface area (Å²) in [4.78, 5) is 0. The smallest absolute Gasteiger partial charge is 1.00 e. The van der Waals surface area contributed by atoms with Gasteiger partial charge in [-0.2, -0.15) is 24.3 Å². The van der Waals surface area contributed by atoms with E-state index in [-0.39, 0.29) is 109 Å². The Morgan fingerprint density at radius 2 is 0.390 bits per heavy atom. The molecule has 12 aromatic carbocycles. The molecule has 100 heavy (non-hydrogen) atoms. The summed E-state index contributed by atoms with van der Waals surface area (Å²) in [5, 5.41) is 17.6. The molecule has 0 nitrogen and oxygen atoms in total. The molecule has 8 atom stereocenters. The molecule has 8 heteroatoms. The van der Waals surface area contributed by atoms with Gasteiger partial charge in [-0.25, -0.2) is 0 Å². The van der Waals surface area contributed by atoms with Crippen molar-refractivity contribution < 1.29 is 77.2 Å². The van der Waals surface area contributed by atoms with Crippen LogP contribution in [0, 0.1) is 0 Å². The van der Waals surface area contributed by atoms with Crippen LogP contribution in [0.4, 0.5) is 0 Å². The van der Waals surface area contributed by atoms with Crippen molar-refractivity contribution in [1.29, 1.82) is 0 Å². The maximum atomic E-state index is 2.49. The second-order valence-corrected chi connectivity index (χ2v) is 39.6. The normalized spacial score (nSPS) is 14.7. The largest absolute Gasteiger partial charge is 2.00 e. The van der Waals surface area contributed by atoms with Gasteiger partial charge in [0.2, 0.25) is 0 Å². The van der Waals surface area contributed by atoms with E-state index >= 15 is 0 Å². The quantitative estimate of drug-likeness (QED) is 0.0418. The Labute approximate surface area is 661 Å². The summed E-state index contributed by atoms with van der Waals surface area (Å²) < 4.78 is 0. The monoisotopic (exact) mass is 1590 g/mol. The molecular weight excluding hydrogens is 1480 g/mol. The van der Waals surface area contributed by atoms with Gasteiger partial charge in [0.25, 0.3) is 0 Å². The zero-order valence-electron chi connectivity index (χ0n) is 62.9. The number of rotatable bonds is 24. The molecule has 0 aromatic heterocycles. The van der Waals surface area contributed by atoms with Crippen molar-refractivity contribution in [3.63, 3.8) is 0 Å². The molecule has 0 aliphatic carbocycles. The summed E-state index contributed by atoms with van der Waals surface area (Å²) >= 11 is 0. The van der Waals surface area contributed by atoms with Gasteiger partial charge in [0.1, 0.15) is 0 Å². The van der Waals surface area contributed by atoms with Crippen molar-refractivity contribution in [3.8, 4) is 44.5 Å². The third-order valence-corrected chi connectivity index (χ3v) is 34.9. The summed E-state index contributed by atoms with van der Waals surface area (Å²) in [6, 6.07) is 89.8. The Morgan fingerprint density at radius 1 is 0.230 bits per heavy atom. The van der Waals surface area contributed by atoms with Crippen LogP contribution >= 0.6 is 31.7 Å². The van der Waals surface area contributed by atoms with Crippen LogP contribution in [0.5, 0.6) is 0 Å². The zero-order valence-corrected chi connectivity index (χ0v) is 72.9. The first-order valence-electron chi connectivity index (χ1n) is 36.7. The predicted molar refractivity (Wildman–Crippen MR) is 444 cm³/mol. The molecule has 0 fully saturated rings. The van der Waals surface area contributed by atoms with Gasteiger partial charge >= 0.3 is 52.4 Å². The Kier molecular flexibility index (Phi) is 37.4. The van der Waals surface area contributed by atoms with E-state index in [0.29, 0.717) is 0 Å². The van der Waals surface area contributed by atoms with Crippen LogP contribution in [0.15, 0.2) is 243 Å². The van der Waals surface area contributed by atoms with Crippen molar-refractivity contribution in [3.05, 3.63) is 243 Å². The Hall–Kier alpha value is -3.73. The molecule has 0 radical (unpaired) electrons. The van der Waals surface area contributed by atoms with Gasteiger partial charge < -0.3 is 24.8 Å². The van der Waals surface area contributed by atoms with Crippen molar-refractivity contribution in [2.45, 2.75) is 207 Å². The number of hydrogen-bond donors (Lipinski definition) is 0. The summed E-state index contributed by atoms with van der Waals surface area (Å²) in [6.45, 7) is 38.2. The minimum atomic E-state index is -0.106. The van der Waals surface area contributed by atoms with Gasteiger partial charge in [0.05, 0.1) is 0 Å². The Balaban J connectivity index is 0.000000237. The first-order chi connectivity index (χ1) is 46.6. The van der Waals surface area contributed by atoms with E-state index < -0.39 is 0 Å². The molecule has 8 unspecified atom stereocenters. The molecule has 0 aliphatic rings. The van der Waals surface area contributed by atoms with Crippen LogP contribution in [0.25, 0.3) is 87.6 Å². The van der Waals surface area contributed by atoms with Crippen molar-refractivity contribution in [1.82, 2.24) is 0 Å². The van der Waals surface area contributed by atoms with Crippen LogP contribution in [-0.2, 0) is 52.4 Å². The van der Waals surface area contributed by atoms with Gasteiger partial charge in [-0.3, -0.25) is 0 Å². The van der Waals surface area contributed by atoms with Crippen LogP contribution < -0.4 is 46.0 Å². The first-order valence-corrected chi connectivity index (χ1v) is 42.7. The molecule has 0 spiro atoms. The van der Waals surface area contributed by atoms with Gasteiger partial charge in [0.15, 0.2) is 0 Å². The van der Waals surface area contributed by atoms with E-state index in [9.17, 15) is 0 Å². The molecule has 12 aromatic rings. The molecule has 0 heterocycles. The van der Waals surface area contributed by atoms with Crippen LogP contribution in [0.2, 0.25) is 0 Å². The van der Waals surface area contributed by atoms with E-state index in [0.717, 1.165) is 45.3 Å². The molecule has 0 N–H and O–H groups in total. The first kappa shape index (κ1) is 86.9. The molecule has 0 aliphatic heterocycles. The van der Waals surface area contributed by atoms with Gasteiger partial charge in [-0.15, -0.1) is 137 Å². The van der Waals surface area contributed by atoms with E-state index in [1.807, 2.05) is 0 Å². The van der Waals surface area contributed by atoms with Crippen molar-refractivity contribution in [2.24, 2.45) is 0 Å². The van der Waals surface area contributed by atoms with E-state index in [1.165, 1.54) is 139 Å². The summed E-state index contributed by atoms with van der Waals surface area (Å²) in [5.74, 6) is 0. The third-order valence-electron chi connectivity index (χ3n) is 21.0. The topological polar surface area (TPSA) is 0 Å². The van der Waals surface area contributed by atoms with Crippen molar-refractivity contribution >= 4 is 96.0 Å². The van der Waals surface area contributed by atoms with Crippen LogP contribution in [-0.4, -0.2) is 45.3 Å². The Morgan fingerprint density at radius 3 is 0.540 bits per heavy atom. The molecule has 12 rings (SSSR count). The zero-order chi connectivity index (χ0) is 68.4. The molecule has 0 saturated carbocycles. The predicted octanol–water partition coefficient (Wildman–Crippen LogP) is 21.7. The molecule has 0 amide bonds. The molecule has 524 valence electrons. The summed E-state index contributed by atoms with van der Waals surface area (Å²) in [6.07, 6.45) is 10.1. The molecule has 0 bridgehead atoms. The number of fused-ring (bicyclic) bond motifs is 4. The summed E-state index contributed by atoms with van der Waals surface area (Å²) in [7, 11) is -0.426. The average Bonchev–Trinajstić information content (AvgIpc) is 1.66. The third kappa shape index (κ3) is 21.3. The standard InChI is InChI=1S/4C23H28P.2ClH.2Zr/c4*1-5-17(3)24(18(4)6-2)21-15-20-13-10-14-22(23(20)16-21)19-11-8-7-9-12-19;;;;/h4*7-18H,5-6H2,1-4H3;2*1H;;/q4*-1;;;2*+2/p-2. The van der Waals surface area contributed by atoms with Gasteiger partial charge in [0, 0.05) is 0 Å². The second kappa shape index (κ2) is 43.0. The Bertz CT molecular complexity index is 3670. The minimum absolute atomic E-state index is 0. The van der Waals surface area contributed by atoms with Crippen LogP contribution in [0.3, 0.4) is 0 Å². The molecule has 0 saturated heterocycles. The van der Waals surface area contributed by atoms with Crippen LogP contribution in [0.1, 0.15) is 162 Å². The van der Waals surface area contributed by atoms with E-state index in [4.69, 9.17) is 0 Å². The average molecular weight is 1600 g/mol. The van der Waals surface area contributed by atoms with Crippen molar-refractivity contribution in [2.75, 3.05) is 0 Å². The summed E-state index contributed by atoms with van der Waals surface area (Å²) in [5.41, 5.74) is 17.0. The van der Waals surface area contributed by atoms with Gasteiger partial charge in [-0.05, 0) is 119 Å². The number of hydrogen-bond acceptors (Lipinski definition) is 0. The number of benzene rings is 8. The van der Waals surface area contributed by atoms with E-state index in [2.05, 4.69) is 353 Å². The fourth-order valence-corrected chi connectivity index (χ4v) is 27.3.